The molecule has 0 amide bonds. The van der Waals surface area contributed by atoms with Crippen LogP contribution in [0.3, 0.4) is 0 Å². The molecule has 1 unspecified atom stereocenters. The Morgan fingerprint density at radius 2 is 1.03 bits per heavy atom. The molecule has 2 aliphatic carbocycles. The third kappa shape index (κ3) is 10.2. The smallest absolute Gasteiger partial charge is 0.0658 e. The fraction of sp³-hybridized carbons (Fsp3) is 0.966. The summed E-state index contributed by atoms with van der Waals surface area (Å²) >= 11 is 0. The zero-order valence-electron chi connectivity index (χ0n) is 20.7. The molecule has 1 heteroatoms. The second kappa shape index (κ2) is 16.2. The van der Waals surface area contributed by atoms with Crippen LogP contribution < -0.4 is 0 Å². The van der Waals surface area contributed by atoms with Crippen LogP contribution in [0, 0.1) is 40.9 Å². The highest BCUT2D eigenvalue weighted by molar-refractivity contribution is 4.92. The van der Waals surface area contributed by atoms with E-state index in [-0.39, 0.29) is 0 Å². The molecule has 0 saturated heterocycles. The van der Waals surface area contributed by atoms with Crippen LogP contribution >= 0.6 is 0 Å². The molecule has 2 fully saturated rings. The van der Waals surface area contributed by atoms with Crippen molar-refractivity contribution in [3.05, 3.63) is 0 Å². The minimum absolute atomic E-state index is 0.353. The molecular weight excluding hydrogens is 362 g/mol. The van der Waals surface area contributed by atoms with Crippen molar-refractivity contribution in [3.8, 4) is 6.07 Å². The standard InChI is InChI=1S/C29H53N/c1-3-5-7-9-11-13-25-15-17-27(18-16-25)23-29(24-30)28-21-19-26(20-22-28)14-12-10-8-6-4-2/h25-29H,3-23H2,1-2H3/t25-,26-,27-,28-,29?. The van der Waals surface area contributed by atoms with Crippen LogP contribution in [0.5, 0.6) is 0 Å². The molecule has 0 aromatic carbocycles. The van der Waals surface area contributed by atoms with Crippen molar-refractivity contribution < 1.29 is 0 Å². The largest absolute Gasteiger partial charge is 0.198 e. The maximum Gasteiger partial charge on any atom is 0.0658 e. The molecule has 0 aromatic rings. The number of hydrogen-bond donors (Lipinski definition) is 0. The average Bonchev–Trinajstić information content (AvgIpc) is 2.78. The van der Waals surface area contributed by atoms with Gasteiger partial charge >= 0.3 is 0 Å². The fourth-order valence-corrected chi connectivity index (χ4v) is 6.42. The molecule has 174 valence electrons. The van der Waals surface area contributed by atoms with Gasteiger partial charge < -0.3 is 0 Å². The topological polar surface area (TPSA) is 23.8 Å². The van der Waals surface area contributed by atoms with Gasteiger partial charge in [-0.2, -0.15) is 5.26 Å². The Morgan fingerprint density at radius 3 is 1.50 bits per heavy atom. The van der Waals surface area contributed by atoms with E-state index in [1.807, 2.05) is 0 Å². The first-order valence-electron chi connectivity index (χ1n) is 14.2. The lowest BCUT2D eigenvalue weighted by molar-refractivity contribution is 0.177. The molecule has 0 heterocycles. The van der Waals surface area contributed by atoms with Crippen LogP contribution in [0.25, 0.3) is 0 Å². The predicted molar refractivity (Wildman–Crippen MR) is 131 cm³/mol. The first kappa shape index (κ1) is 25.7. The van der Waals surface area contributed by atoms with E-state index in [2.05, 4.69) is 19.9 Å². The summed E-state index contributed by atoms with van der Waals surface area (Å²) in [6.07, 6.45) is 29.5. The lowest BCUT2D eigenvalue weighted by Gasteiger charge is -2.34. The van der Waals surface area contributed by atoms with Crippen LogP contribution in [0.2, 0.25) is 0 Å². The number of rotatable bonds is 15. The monoisotopic (exact) mass is 415 g/mol. The summed E-state index contributed by atoms with van der Waals surface area (Å²) in [5.41, 5.74) is 0. The number of hydrogen-bond acceptors (Lipinski definition) is 1. The van der Waals surface area contributed by atoms with Gasteiger partial charge in [0.05, 0.1) is 6.07 Å². The van der Waals surface area contributed by atoms with Crippen molar-refractivity contribution in [3.63, 3.8) is 0 Å². The third-order valence-corrected chi connectivity index (χ3v) is 8.61. The Morgan fingerprint density at radius 1 is 0.600 bits per heavy atom. The van der Waals surface area contributed by atoms with E-state index >= 15 is 0 Å². The van der Waals surface area contributed by atoms with E-state index < -0.39 is 0 Å². The van der Waals surface area contributed by atoms with Crippen LogP contribution in [0.4, 0.5) is 0 Å². The molecule has 30 heavy (non-hydrogen) atoms. The Kier molecular flexibility index (Phi) is 13.9. The predicted octanol–water partition coefficient (Wildman–Crippen LogP) is 9.85. The van der Waals surface area contributed by atoms with Crippen molar-refractivity contribution >= 4 is 0 Å². The normalized spacial score (nSPS) is 28.2. The highest BCUT2D eigenvalue weighted by Gasteiger charge is 2.30. The molecule has 1 nitrogen and oxygen atoms in total. The Bertz CT molecular complexity index is 434. The van der Waals surface area contributed by atoms with Crippen molar-refractivity contribution in [2.24, 2.45) is 29.6 Å². The lowest BCUT2D eigenvalue weighted by Crippen LogP contribution is -2.24. The molecule has 2 aliphatic rings. The highest BCUT2D eigenvalue weighted by atomic mass is 14.4. The Hall–Kier alpha value is -0.510. The summed E-state index contributed by atoms with van der Waals surface area (Å²) in [5, 5.41) is 9.89. The summed E-state index contributed by atoms with van der Waals surface area (Å²) < 4.78 is 0. The maximum atomic E-state index is 9.89. The number of nitrogens with zero attached hydrogens (tertiary/aromatic N) is 1. The van der Waals surface area contributed by atoms with E-state index in [9.17, 15) is 5.26 Å². The Balaban J connectivity index is 1.57. The maximum absolute atomic E-state index is 9.89. The van der Waals surface area contributed by atoms with Gasteiger partial charge in [-0.15, -0.1) is 0 Å². The molecule has 0 bridgehead atoms. The summed E-state index contributed by atoms with van der Waals surface area (Å²) in [6.45, 7) is 4.60. The minimum atomic E-state index is 0.353. The van der Waals surface area contributed by atoms with Crippen molar-refractivity contribution in [2.45, 2.75) is 149 Å². The minimum Gasteiger partial charge on any atom is -0.198 e. The van der Waals surface area contributed by atoms with E-state index in [0.29, 0.717) is 11.8 Å². The van der Waals surface area contributed by atoms with Gasteiger partial charge in [0.25, 0.3) is 0 Å². The van der Waals surface area contributed by atoms with Gasteiger partial charge in [-0.1, -0.05) is 129 Å². The first-order chi connectivity index (χ1) is 14.8. The lowest BCUT2D eigenvalue weighted by atomic mass is 9.70. The van der Waals surface area contributed by atoms with Crippen LogP contribution in [-0.4, -0.2) is 0 Å². The van der Waals surface area contributed by atoms with Gasteiger partial charge in [0.2, 0.25) is 0 Å². The van der Waals surface area contributed by atoms with E-state index in [0.717, 1.165) is 17.8 Å². The van der Waals surface area contributed by atoms with E-state index in [4.69, 9.17) is 0 Å². The van der Waals surface area contributed by atoms with Crippen LogP contribution in [0.1, 0.15) is 149 Å². The van der Waals surface area contributed by atoms with Crippen LogP contribution in [0.15, 0.2) is 0 Å². The van der Waals surface area contributed by atoms with Gasteiger partial charge in [-0.05, 0) is 42.9 Å². The summed E-state index contributed by atoms with van der Waals surface area (Å²) in [5.74, 6) is 3.88. The SMILES string of the molecule is CCCCCCC[C@H]1CC[C@H](CC(C#N)[C@H]2CC[C@H](CCCCCCC)CC2)CC1. The van der Waals surface area contributed by atoms with Gasteiger partial charge in [-0.3, -0.25) is 0 Å². The van der Waals surface area contributed by atoms with Crippen molar-refractivity contribution in [1.29, 1.82) is 5.26 Å². The molecule has 0 N–H and O–H groups in total. The van der Waals surface area contributed by atoms with Crippen molar-refractivity contribution in [1.82, 2.24) is 0 Å². The average molecular weight is 416 g/mol. The zero-order valence-corrected chi connectivity index (χ0v) is 20.7. The van der Waals surface area contributed by atoms with Crippen molar-refractivity contribution in [2.75, 3.05) is 0 Å². The first-order valence-corrected chi connectivity index (χ1v) is 14.2. The zero-order chi connectivity index (χ0) is 21.4. The van der Waals surface area contributed by atoms with Gasteiger partial charge in [-0.25, -0.2) is 0 Å². The quantitative estimate of drug-likeness (QED) is 0.244. The molecule has 0 aromatic heterocycles. The molecule has 0 spiro atoms. The second-order valence-corrected chi connectivity index (χ2v) is 11.0. The highest BCUT2D eigenvalue weighted by Crippen LogP contribution is 2.41. The summed E-state index contributed by atoms with van der Waals surface area (Å²) in [4.78, 5) is 0. The van der Waals surface area contributed by atoms with Gasteiger partial charge in [0.1, 0.15) is 0 Å². The molecule has 2 saturated carbocycles. The van der Waals surface area contributed by atoms with Crippen LogP contribution in [-0.2, 0) is 0 Å². The van der Waals surface area contributed by atoms with Gasteiger partial charge in [0, 0.05) is 5.92 Å². The third-order valence-electron chi connectivity index (χ3n) is 8.61. The molecular formula is C29H53N. The molecule has 0 aliphatic heterocycles. The molecule has 2 rings (SSSR count). The fourth-order valence-electron chi connectivity index (χ4n) is 6.42. The summed E-state index contributed by atoms with van der Waals surface area (Å²) in [7, 11) is 0. The number of nitriles is 1. The van der Waals surface area contributed by atoms with Gasteiger partial charge in [0.15, 0.2) is 0 Å². The second-order valence-electron chi connectivity index (χ2n) is 11.0. The van der Waals surface area contributed by atoms with E-state index in [1.54, 1.807) is 0 Å². The Labute approximate surface area is 189 Å². The number of unbranched alkanes of at least 4 members (excludes halogenated alkanes) is 8. The molecule has 1 atom stereocenters. The molecule has 0 radical (unpaired) electrons. The summed E-state index contributed by atoms with van der Waals surface area (Å²) in [6, 6.07) is 2.77. The van der Waals surface area contributed by atoms with E-state index in [1.165, 1.54) is 135 Å².